The normalized spacial score (nSPS) is 24.0. The minimum Gasteiger partial charge on any atom is -0.490 e. The molecule has 1 heterocycles. The number of benzene rings is 2. The van der Waals surface area contributed by atoms with Crippen molar-refractivity contribution in [3.63, 3.8) is 0 Å². The Morgan fingerprint density at radius 2 is 1.61 bits per heavy atom. The molecule has 1 aliphatic rings. The van der Waals surface area contributed by atoms with E-state index in [1.54, 1.807) is 13.1 Å². The van der Waals surface area contributed by atoms with Gasteiger partial charge in [0, 0.05) is 13.5 Å². The lowest BCUT2D eigenvalue weighted by molar-refractivity contribution is -0.127. The zero-order valence-corrected chi connectivity index (χ0v) is 18.7. The van der Waals surface area contributed by atoms with Gasteiger partial charge in [0.15, 0.2) is 0 Å². The number of hydrogen-bond acceptors (Lipinski definition) is 3. The van der Waals surface area contributed by atoms with Crippen LogP contribution in [0.1, 0.15) is 55.6 Å². The average Bonchev–Trinajstić information content (AvgIpc) is 2.75. The fraction of sp³-hybridized carbons (Fsp3) is 0.385. The van der Waals surface area contributed by atoms with Crippen LogP contribution in [0.15, 0.2) is 66.7 Å². The van der Waals surface area contributed by atoms with Gasteiger partial charge in [-0.15, -0.1) is 0 Å². The topological polar surface area (TPSA) is 58.6 Å². The molecule has 31 heavy (non-hydrogen) atoms. The molecule has 0 unspecified atom stereocenters. The van der Waals surface area contributed by atoms with Gasteiger partial charge in [-0.25, -0.2) is 0 Å². The first kappa shape index (κ1) is 22.6. The maximum Gasteiger partial charge on any atom is 0.258 e. The Hall–Kier alpha value is -3.08. The molecule has 1 aliphatic heterocycles. The standard InChI is InChI=1S/C26H32N2O3/c1-18(2)24-25(29)27-22(20-13-6-5-7-14-20)16-10-8-12-19(3)31-23-17-11-9-15-21(23)26(30)28(24)4/h5-11,13-15,17-19,22,24H,12,16H2,1-4H3,(H,27,29)/b10-8+/t19-,22-,24-/m0/s1. The minimum absolute atomic E-state index is 0.0548. The highest BCUT2D eigenvalue weighted by atomic mass is 16.5. The first-order valence-electron chi connectivity index (χ1n) is 10.9. The van der Waals surface area contributed by atoms with E-state index in [9.17, 15) is 9.59 Å². The molecular weight excluding hydrogens is 388 g/mol. The maximum absolute atomic E-state index is 13.4. The Morgan fingerprint density at radius 3 is 2.32 bits per heavy atom. The molecule has 5 heteroatoms. The van der Waals surface area contributed by atoms with Gasteiger partial charge >= 0.3 is 0 Å². The van der Waals surface area contributed by atoms with Crippen LogP contribution in [0.2, 0.25) is 0 Å². The Bertz CT molecular complexity index is 923. The molecular formula is C26H32N2O3. The molecule has 0 fully saturated rings. The number of nitrogens with zero attached hydrogens (tertiary/aromatic N) is 1. The monoisotopic (exact) mass is 420 g/mol. The second kappa shape index (κ2) is 10.3. The lowest BCUT2D eigenvalue weighted by Crippen LogP contribution is -2.51. The first-order valence-corrected chi connectivity index (χ1v) is 10.9. The largest absolute Gasteiger partial charge is 0.490 e. The summed E-state index contributed by atoms with van der Waals surface area (Å²) in [6.07, 6.45) is 5.47. The molecule has 5 nitrogen and oxygen atoms in total. The van der Waals surface area contributed by atoms with Crippen molar-refractivity contribution >= 4 is 11.8 Å². The minimum atomic E-state index is -0.601. The third-order valence-corrected chi connectivity index (χ3v) is 5.61. The van der Waals surface area contributed by atoms with E-state index in [0.29, 0.717) is 24.2 Å². The molecule has 0 saturated carbocycles. The summed E-state index contributed by atoms with van der Waals surface area (Å²) in [7, 11) is 1.69. The summed E-state index contributed by atoms with van der Waals surface area (Å²) in [5.41, 5.74) is 1.51. The summed E-state index contributed by atoms with van der Waals surface area (Å²) in [6.45, 7) is 5.91. The molecule has 2 aromatic rings. The molecule has 0 spiro atoms. The van der Waals surface area contributed by atoms with Crippen LogP contribution in [0, 0.1) is 5.92 Å². The number of likely N-dealkylation sites (N-methyl/N-ethyl adjacent to an activating group) is 1. The Labute approximate surface area is 185 Å². The van der Waals surface area contributed by atoms with Gasteiger partial charge < -0.3 is 15.0 Å². The van der Waals surface area contributed by atoms with Crippen molar-refractivity contribution in [1.82, 2.24) is 10.2 Å². The number of amides is 2. The molecule has 0 bridgehead atoms. The molecule has 2 amide bonds. The number of para-hydroxylation sites is 1. The van der Waals surface area contributed by atoms with Crippen LogP contribution in [-0.4, -0.2) is 35.9 Å². The summed E-state index contributed by atoms with van der Waals surface area (Å²) in [5, 5.41) is 3.19. The van der Waals surface area contributed by atoms with Crippen LogP contribution < -0.4 is 10.1 Å². The van der Waals surface area contributed by atoms with Crippen LogP contribution in [0.4, 0.5) is 0 Å². The number of rotatable bonds is 2. The van der Waals surface area contributed by atoms with Gasteiger partial charge in [-0.05, 0) is 37.0 Å². The van der Waals surface area contributed by atoms with E-state index in [0.717, 1.165) is 5.56 Å². The summed E-state index contributed by atoms with van der Waals surface area (Å²) < 4.78 is 6.09. The van der Waals surface area contributed by atoms with Gasteiger partial charge in [0.1, 0.15) is 11.8 Å². The average molecular weight is 421 g/mol. The third-order valence-electron chi connectivity index (χ3n) is 5.61. The highest BCUT2D eigenvalue weighted by Gasteiger charge is 2.33. The molecule has 3 rings (SSSR count). The van der Waals surface area contributed by atoms with Gasteiger partial charge in [-0.2, -0.15) is 0 Å². The van der Waals surface area contributed by atoms with E-state index in [1.165, 1.54) is 4.90 Å². The molecule has 0 radical (unpaired) electrons. The number of carbonyl (C=O) groups is 2. The van der Waals surface area contributed by atoms with Gasteiger partial charge in [0.25, 0.3) is 5.91 Å². The predicted molar refractivity (Wildman–Crippen MR) is 123 cm³/mol. The first-order chi connectivity index (χ1) is 14.9. The van der Waals surface area contributed by atoms with E-state index in [-0.39, 0.29) is 29.9 Å². The summed E-state index contributed by atoms with van der Waals surface area (Å²) in [6, 6.07) is 16.4. The van der Waals surface area contributed by atoms with Gasteiger partial charge in [-0.3, -0.25) is 9.59 Å². The van der Waals surface area contributed by atoms with Crippen molar-refractivity contribution in [1.29, 1.82) is 0 Å². The zero-order valence-electron chi connectivity index (χ0n) is 18.7. The van der Waals surface area contributed by atoms with Crippen molar-refractivity contribution in [2.45, 2.75) is 51.8 Å². The van der Waals surface area contributed by atoms with Crippen LogP contribution in [0.3, 0.4) is 0 Å². The molecule has 164 valence electrons. The van der Waals surface area contributed by atoms with Crippen molar-refractivity contribution in [3.05, 3.63) is 77.9 Å². The lowest BCUT2D eigenvalue weighted by atomic mass is 9.98. The van der Waals surface area contributed by atoms with Crippen LogP contribution >= 0.6 is 0 Å². The predicted octanol–water partition coefficient (Wildman–Crippen LogP) is 4.76. The van der Waals surface area contributed by atoms with E-state index >= 15 is 0 Å². The lowest BCUT2D eigenvalue weighted by Gasteiger charge is -2.32. The number of fused-ring (bicyclic) bond motifs is 1. The molecule has 0 saturated heterocycles. The highest BCUT2D eigenvalue weighted by Crippen LogP contribution is 2.25. The second-order valence-corrected chi connectivity index (χ2v) is 8.44. The molecule has 0 aromatic heterocycles. The molecule has 3 atom stereocenters. The summed E-state index contributed by atoms with van der Waals surface area (Å²) in [4.78, 5) is 28.3. The van der Waals surface area contributed by atoms with Crippen molar-refractivity contribution in [2.75, 3.05) is 7.05 Å². The van der Waals surface area contributed by atoms with Crippen molar-refractivity contribution < 1.29 is 14.3 Å². The smallest absolute Gasteiger partial charge is 0.258 e. The quantitative estimate of drug-likeness (QED) is 0.713. The summed E-state index contributed by atoms with van der Waals surface area (Å²) >= 11 is 0. The SMILES string of the molecule is CC(C)[C@H]1C(=O)N[C@H](c2ccccc2)C/C=C/C[C@H](C)Oc2ccccc2C(=O)N1C. The van der Waals surface area contributed by atoms with E-state index < -0.39 is 6.04 Å². The van der Waals surface area contributed by atoms with E-state index in [4.69, 9.17) is 4.74 Å². The van der Waals surface area contributed by atoms with Gasteiger partial charge in [-0.1, -0.05) is 68.5 Å². The Balaban J connectivity index is 1.99. The number of hydrogen-bond donors (Lipinski definition) is 1. The number of ether oxygens (including phenoxy) is 1. The zero-order chi connectivity index (χ0) is 22.4. The van der Waals surface area contributed by atoms with Crippen LogP contribution in [0.5, 0.6) is 5.75 Å². The third kappa shape index (κ3) is 5.54. The highest BCUT2D eigenvalue weighted by molar-refractivity contribution is 5.99. The Kier molecular flexibility index (Phi) is 7.50. The number of nitrogens with one attached hydrogen (secondary N) is 1. The maximum atomic E-state index is 13.4. The molecule has 1 N–H and O–H groups in total. The van der Waals surface area contributed by atoms with Crippen molar-refractivity contribution in [3.8, 4) is 5.75 Å². The Morgan fingerprint density at radius 1 is 0.968 bits per heavy atom. The summed E-state index contributed by atoms with van der Waals surface area (Å²) in [5.74, 6) is 0.112. The van der Waals surface area contributed by atoms with E-state index in [1.807, 2.05) is 69.3 Å². The fourth-order valence-electron chi connectivity index (χ4n) is 3.99. The van der Waals surface area contributed by atoms with Crippen molar-refractivity contribution in [2.24, 2.45) is 5.92 Å². The molecule has 0 aliphatic carbocycles. The fourth-order valence-corrected chi connectivity index (χ4v) is 3.99. The van der Waals surface area contributed by atoms with Crippen LogP contribution in [-0.2, 0) is 4.79 Å². The molecule has 2 aromatic carbocycles. The van der Waals surface area contributed by atoms with Gasteiger partial charge in [0.05, 0.1) is 17.7 Å². The van der Waals surface area contributed by atoms with Gasteiger partial charge in [0.2, 0.25) is 5.91 Å². The van der Waals surface area contributed by atoms with Crippen LogP contribution in [0.25, 0.3) is 0 Å². The second-order valence-electron chi connectivity index (χ2n) is 8.44. The van der Waals surface area contributed by atoms with E-state index in [2.05, 4.69) is 17.5 Å². The number of carbonyl (C=O) groups excluding carboxylic acids is 2.